The summed E-state index contributed by atoms with van der Waals surface area (Å²) in [7, 11) is 0. The van der Waals surface area contributed by atoms with Crippen LogP contribution in [0, 0.1) is 17.6 Å². The van der Waals surface area contributed by atoms with Crippen molar-refractivity contribution in [2.24, 2.45) is 5.92 Å². The number of benzene rings is 2. The van der Waals surface area contributed by atoms with Crippen molar-refractivity contribution in [2.75, 3.05) is 13.1 Å². The molecule has 4 atom stereocenters. The summed E-state index contributed by atoms with van der Waals surface area (Å²) in [6.07, 6.45) is 7.02. The predicted octanol–water partition coefficient (Wildman–Crippen LogP) is 6.59. The first kappa shape index (κ1) is 36.5. The van der Waals surface area contributed by atoms with E-state index >= 15 is 8.78 Å². The zero-order valence-corrected chi connectivity index (χ0v) is 32.1. The van der Waals surface area contributed by atoms with Crippen molar-refractivity contribution in [2.45, 2.75) is 76.8 Å². The van der Waals surface area contributed by atoms with Crippen molar-refractivity contribution in [1.82, 2.24) is 40.2 Å². The fourth-order valence-electron chi connectivity index (χ4n) is 9.10. The Kier molecular flexibility index (Phi) is 8.63. The van der Waals surface area contributed by atoms with Crippen molar-refractivity contribution < 1.29 is 23.1 Å². The summed E-state index contributed by atoms with van der Waals surface area (Å²) in [5.41, 5.74) is 2.27. The highest BCUT2D eigenvalue weighted by molar-refractivity contribution is 5.91. The van der Waals surface area contributed by atoms with Crippen molar-refractivity contribution >= 4 is 33.6 Å². The number of hydrogen-bond acceptors (Lipinski definition) is 7. The molecule has 3 N–H and O–H groups in total. The fraction of sp³-hybridized carbons (Fsp3) is 0.349. The Hall–Kier alpha value is -6.18. The van der Waals surface area contributed by atoms with Crippen LogP contribution in [-0.2, 0) is 27.0 Å². The Morgan fingerprint density at radius 3 is 2.37 bits per heavy atom. The molecule has 3 aliphatic heterocycles. The third-order valence-electron chi connectivity index (χ3n) is 12.6. The van der Waals surface area contributed by atoms with E-state index in [1.807, 2.05) is 32.9 Å². The molecule has 57 heavy (non-hydrogen) atoms. The van der Waals surface area contributed by atoms with E-state index in [2.05, 4.69) is 20.7 Å². The molecule has 6 aromatic rings. The maximum Gasteiger partial charge on any atom is 0.252 e. The number of carbonyl (C=O) groups is 2. The van der Waals surface area contributed by atoms with Crippen LogP contribution in [0.4, 0.5) is 8.78 Å². The molecule has 2 fully saturated rings. The SMILES string of the molecule is CCn1ncc2c(F)cc(-c3ccc4c(n3)O/C=C(\C)C(n3ncc5c(F)cc(-c6ccc([C@@]7(C)CCCNC7=O)c(=O)[nH]6)cc53)CC3CCNC(=O)[C@@]43C)cc21. The minimum Gasteiger partial charge on any atom is -0.446 e. The molecule has 9 rings (SSSR count). The van der Waals surface area contributed by atoms with Gasteiger partial charge in [0.1, 0.15) is 11.6 Å². The lowest BCUT2D eigenvalue weighted by atomic mass is 9.65. The molecule has 0 aliphatic carbocycles. The molecule has 2 unspecified atom stereocenters. The largest absolute Gasteiger partial charge is 0.446 e. The van der Waals surface area contributed by atoms with Gasteiger partial charge < -0.3 is 20.4 Å². The average Bonchev–Trinajstić information content (AvgIpc) is 3.84. The first-order valence-corrected chi connectivity index (χ1v) is 19.4. The number of rotatable bonds is 5. The van der Waals surface area contributed by atoms with Crippen molar-refractivity contribution in [3.8, 4) is 28.4 Å². The summed E-state index contributed by atoms with van der Waals surface area (Å²) < 4.78 is 41.1. The van der Waals surface area contributed by atoms with Crippen molar-refractivity contribution in [3.63, 3.8) is 0 Å². The van der Waals surface area contributed by atoms with Crippen LogP contribution in [0.3, 0.4) is 0 Å². The molecule has 292 valence electrons. The monoisotopic (exact) mass is 772 g/mol. The Labute approximate surface area is 326 Å². The van der Waals surface area contributed by atoms with Crippen LogP contribution in [0.2, 0.25) is 0 Å². The van der Waals surface area contributed by atoms with Gasteiger partial charge in [0, 0.05) is 47.6 Å². The molecule has 3 aliphatic rings. The second kappa shape index (κ2) is 13.5. The van der Waals surface area contributed by atoms with Gasteiger partial charge in [0.2, 0.25) is 17.7 Å². The van der Waals surface area contributed by atoms with Gasteiger partial charge in [-0.2, -0.15) is 10.2 Å². The Morgan fingerprint density at radius 1 is 0.877 bits per heavy atom. The number of amides is 2. The molecule has 2 saturated heterocycles. The first-order valence-electron chi connectivity index (χ1n) is 19.4. The second-order valence-electron chi connectivity index (χ2n) is 15.9. The molecule has 0 bridgehead atoms. The number of aryl methyl sites for hydroxylation is 1. The molecule has 7 heterocycles. The number of aromatic amines is 1. The average molecular weight is 773 g/mol. The molecule has 14 heteroatoms. The van der Waals surface area contributed by atoms with E-state index in [0.717, 1.165) is 12.0 Å². The highest BCUT2D eigenvalue weighted by atomic mass is 19.1. The molecule has 0 saturated carbocycles. The zero-order valence-electron chi connectivity index (χ0n) is 32.1. The maximum atomic E-state index is 15.9. The predicted molar refractivity (Wildman–Crippen MR) is 210 cm³/mol. The van der Waals surface area contributed by atoms with Crippen LogP contribution >= 0.6 is 0 Å². The summed E-state index contributed by atoms with van der Waals surface area (Å²) in [6, 6.07) is 13.0. The lowest BCUT2D eigenvalue weighted by molar-refractivity contribution is -0.131. The number of nitrogens with zero attached hydrogens (tertiary/aromatic N) is 5. The number of ether oxygens (including phenoxy) is 1. The third-order valence-corrected chi connectivity index (χ3v) is 12.6. The lowest BCUT2D eigenvalue weighted by Gasteiger charge is -2.42. The van der Waals surface area contributed by atoms with Crippen LogP contribution in [0.25, 0.3) is 44.3 Å². The fourth-order valence-corrected chi connectivity index (χ4v) is 9.10. The van der Waals surface area contributed by atoms with E-state index in [1.54, 1.807) is 46.8 Å². The van der Waals surface area contributed by atoms with Gasteiger partial charge >= 0.3 is 0 Å². The van der Waals surface area contributed by atoms with Gasteiger partial charge in [0.05, 0.1) is 63.0 Å². The number of aromatic nitrogens is 6. The highest BCUT2D eigenvalue weighted by Crippen LogP contribution is 2.47. The summed E-state index contributed by atoms with van der Waals surface area (Å²) in [5, 5.41) is 15.6. The van der Waals surface area contributed by atoms with Crippen molar-refractivity contribution in [1.29, 1.82) is 0 Å². The van der Waals surface area contributed by atoms with Gasteiger partial charge in [0.15, 0.2) is 0 Å². The molecule has 2 amide bonds. The van der Waals surface area contributed by atoms with E-state index in [4.69, 9.17) is 14.8 Å². The zero-order chi connectivity index (χ0) is 39.8. The number of allylic oxidation sites excluding steroid dienone is 1. The third kappa shape index (κ3) is 5.75. The summed E-state index contributed by atoms with van der Waals surface area (Å²) in [4.78, 5) is 48.1. The Balaban J connectivity index is 1.12. The number of nitrogens with one attached hydrogen (secondary N) is 3. The Morgan fingerprint density at radius 2 is 1.60 bits per heavy atom. The van der Waals surface area contributed by atoms with Gasteiger partial charge in [-0.15, -0.1) is 0 Å². The number of fused-ring (bicyclic) bond motifs is 5. The lowest BCUT2D eigenvalue weighted by Crippen LogP contribution is -2.53. The van der Waals surface area contributed by atoms with Crippen LogP contribution in [0.15, 0.2) is 77.6 Å². The molecular weight excluding hydrogens is 731 g/mol. The minimum absolute atomic E-state index is 0.165. The van der Waals surface area contributed by atoms with E-state index in [1.165, 1.54) is 24.5 Å². The standard InChI is InChI=1S/C43H42F2N8O4/c1-5-52-36-17-24(15-31(44)27(36)20-48-52)34-10-8-30-39(51-34)57-22-23(2)35(19-26-11-14-47-41(56)43(26,30)4)53-37-18-25(16-32(45)28(37)21-49-53)33-9-7-29(38(54)50-33)42(3)12-6-13-46-40(42)55/h7-10,15-18,20-22,26,35H,5-6,11-14,19H2,1-4H3,(H,46,55)(H,47,56)(H,50,54)/b23-22+/t26?,35?,42-,43-/m1/s1. The van der Waals surface area contributed by atoms with E-state index in [9.17, 15) is 14.4 Å². The van der Waals surface area contributed by atoms with Crippen molar-refractivity contribution in [3.05, 3.63) is 106 Å². The van der Waals surface area contributed by atoms with Gasteiger partial charge in [-0.05, 0) is 101 Å². The minimum atomic E-state index is -1.07. The van der Waals surface area contributed by atoms with Gasteiger partial charge in [-0.25, -0.2) is 13.8 Å². The molecule has 4 aromatic heterocycles. The van der Waals surface area contributed by atoms with E-state index in [-0.39, 0.29) is 23.6 Å². The van der Waals surface area contributed by atoms with Crippen LogP contribution in [0.1, 0.15) is 70.5 Å². The summed E-state index contributed by atoms with van der Waals surface area (Å²) in [5.74, 6) is -1.27. The quantitative estimate of drug-likeness (QED) is 0.179. The number of pyridine rings is 2. The van der Waals surface area contributed by atoms with E-state index < -0.39 is 34.1 Å². The number of H-pyrrole nitrogens is 1. The van der Waals surface area contributed by atoms with Gasteiger partial charge in [-0.3, -0.25) is 23.7 Å². The van der Waals surface area contributed by atoms with Gasteiger partial charge in [-0.1, -0.05) is 12.1 Å². The second-order valence-corrected chi connectivity index (χ2v) is 15.9. The molecule has 2 aromatic carbocycles. The number of piperidine rings is 2. The first-order chi connectivity index (χ1) is 27.4. The highest BCUT2D eigenvalue weighted by Gasteiger charge is 2.49. The van der Waals surface area contributed by atoms with Crippen LogP contribution < -0.4 is 20.9 Å². The smallest absolute Gasteiger partial charge is 0.252 e. The molecule has 12 nitrogen and oxygen atoms in total. The molecule has 0 spiro atoms. The summed E-state index contributed by atoms with van der Waals surface area (Å²) in [6.45, 7) is 9.13. The summed E-state index contributed by atoms with van der Waals surface area (Å²) >= 11 is 0. The number of hydrogen-bond donors (Lipinski definition) is 3. The maximum absolute atomic E-state index is 15.9. The number of halogens is 2. The van der Waals surface area contributed by atoms with Crippen LogP contribution in [0.5, 0.6) is 5.88 Å². The molecule has 0 radical (unpaired) electrons. The normalized spacial score (nSPS) is 24.6. The number of carbonyl (C=O) groups excluding carboxylic acids is 2. The van der Waals surface area contributed by atoms with Crippen LogP contribution in [-0.4, -0.2) is 54.4 Å². The van der Waals surface area contributed by atoms with Gasteiger partial charge in [0.25, 0.3) is 5.56 Å². The molecular formula is C43H42F2N8O4. The Bertz CT molecular complexity index is 2730. The van der Waals surface area contributed by atoms with E-state index in [0.29, 0.717) is 94.3 Å². The topological polar surface area (TPSA) is 149 Å².